The first kappa shape index (κ1) is 27.1. The average molecular weight is 556 g/mol. The Labute approximate surface area is 196 Å². The Bertz CT molecular complexity index is 829. The summed E-state index contributed by atoms with van der Waals surface area (Å²) in [6.07, 6.45) is -4.34. The third-order valence-electron chi connectivity index (χ3n) is 4.14. The number of aryl methyl sites for hydroxylation is 1. The van der Waals surface area contributed by atoms with E-state index in [2.05, 4.69) is 25.8 Å². The second-order valence-corrected chi connectivity index (χ2v) is 6.59. The standard InChI is InChI=1S/C19H27F3N6O2.HI/c1-14-26-27-17(28(14)2)11-25-18(23-7-8-29-3)24-10-15-5-4-6-16(9-15)12-30-13-19(20,21)22;/h4-6,9H,7-8,10-13H2,1-3H3,(H2,23,24,25);1H. The summed E-state index contributed by atoms with van der Waals surface area (Å²) < 4.78 is 48.3. The van der Waals surface area contributed by atoms with Crippen LogP contribution in [0.3, 0.4) is 0 Å². The molecule has 0 amide bonds. The normalized spacial score (nSPS) is 11.9. The first-order valence-corrected chi connectivity index (χ1v) is 9.37. The highest BCUT2D eigenvalue weighted by molar-refractivity contribution is 14.0. The lowest BCUT2D eigenvalue weighted by molar-refractivity contribution is -0.176. The zero-order valence-corrected chi connectivity index (χ0v) is 20.0. The highest BCUT2D eigenvalue weighted by Gasteiger charge is 2.27. The van der Waals surface area contributed by atoms with Crippen LogP contribution in [0.5, 0.6) is 0 Å². The van der Waals surface area contributed by atoms with Crippen LogP contribution in [-0.2, 0) is 36.2 Å². The average Bonchev–Trinajstić information content (AvgIpc) is 3.01. The molecule has 1 aromatic carbocycles. The smallest absolute Gasteiger partial charge is 0.383 e. The number of benzene rings is 1. The number of methoxy groups -OCH3 is 1. The van der Waals surface area contributed by atoms with Crippen molar-refractivity contribution in [1.29, 1.82) is 0 Å². The maximum absolute atomic E-state index is 12.2. The van der Waals surface area contributed by atoms with Crippen LogP contribution in [0, 0.1) is 6.92 Å². The van der Waals surface area contributed by atoms with Crippen molar-refractivity contribution in [2.75, 3.05) is 26.9 Å². The van der Waals surface area contributed by atoms with E-state index < -0.39 is 12.8 Å². The number of aromatic nitrogens is 3. The molecule has 0 saturated carbocycles. The summed E-state index contributed by atoms with van der Waals surface area (Å²) >= 11 is 0. The van der Waals surface area contributed by atoms with Gasteiger partial charge in [-0.2, -0.15) is 13.2 Å². The van der Waals surface area contributed by atoms with Crippen LogP contribution >= 0.6 is 24.0 Å². The van der Waals surface area contributed by atoms with Crippen LogP contribution in [0.4, 0.5) is 13.2 Å². The molecule has 0 saturated heterocycles. The van der Waals surface area contributed by atoms with Crippen LogP contribution < -0.4 is 10.6 Å². The SMILES string of the molecule is COCCNC(=NCc1cccc(COCC(F)(F)F)c1)NCc1nnc(C)n1C.I. The number of ether oxygens (including phenoxy) is 2. The van der Waals surface area contributed by atoms with Crippen molar-refractivity contribution in [3.05, 3.63) is 47.0 Å². The number of halogens is 4. The summed E-state index contributed by atoms with van der Waals surface area (Å²) in [6.45, 7) is 2.33. The predicted molar refractivity (Wildman–Crippen MR) is 121 cm³/mol. The third-order valence-corrected chi connectivity index (χ3v) is 4.14. The quantitative estimate of drug-likeness (QED) is 0.203. The van der Waals surface area contributed by atoms with E-state index in [9.17, 15) is 13.2 Å². The number of hydrogen-bond acceptors (Lipinski definition) is 5. The Kier molecular flexibility index (Phi) is 11.8. The minimum absolute atomic E-state index is 0. The topological polar surface area (TPSA) is 85.6 Å². The van der Waals surface area contributed by atoms with Gasteiger partial charge in [0.2, 0.25) is 0 Å². The first-order valence-electron chi connectivity index (χ1n) is 9.37. The maximum Gasteiger partial charge on any atom is 0.411 e. The Hall–Kier alpha value is -1.93. The minimum Gasteiger partial charge on any atom is -0.383 e. The highest BCUT2D eigenvalue weighted by Crippen LogP contribution is 2.16. The molecule has 0 fully saturated rings. The van der Waals surface area contributed by atoms with Gasteiger partial charge in [0, 0.05) is 20.7 Å². The van der Waals surface area contributed by atoms with E-state index in [1.165, 1.54) is 0 Å². The molecule has 2 aromatic rings. The van der Waals surface area contributed by atoms with Gasteiger partial charge in [-0.3, -0.25) is 0 Å². The number of hydrogen-bond donors (Lipinski definition) is 2. The number of aliphatic imine (C=N–C) groups is 1. The number of nitrogens with zero attached hydrogens (tertiary/aromatic N) is 4. The highest BCUT2D eigenvalue weighted by atomic mass is 127. The molecule has 1 heterocycles. The zero-order chi connectivity index (χ0) is 22.0. The van der Waals surface area contributed by atoms with E-state index in [1.807, 2.05) is 24.6 Å². The molecule has 2 rings (SSSR count). The van der Waals surface area contributed by atoms with E-state index in [0.717, 1.165) is 17.2 Å². The fraction of sp³-hybridized carbons (Fsp3) is 0.526. The molecule has 0 atom stereocenters. The van der Waals surface area contributed by atoms with Gasteiger partial charge in [0.25, 0.3) is 0 Å². The molecule has 0 bridgehead atoms. The summed E-state index contributed by atoms with van der Waals surface area (Å²) in [5.41, 5.74) is 1.51. The van der Waals surface area contributed by atoms with E-state index in [4.69, 9.17) is 9.47 Å². The first-order chi connectivity index (χ1) is 14.3. The van der Waals surface area contributed by atoms with E-state index in [-0.39, 0.29) is 30.6 Å². The second-order valence-electron chi connectivity index (χ2n) is 6.59. The zero-order valence-electron chi connectivity index (χ0n) is 17.7. The fourth-order valence-corrected chi connectivity index (χ4v) is 2.49. The maximum atomic E-state index is 12.2. The Morgan fingerprint density at radius 3 is 2.58 bits per heavy atom. The summed E-state index contributed by atoms with van der Waals surface area (Å²) in [5, 5.41) is 14.5. The Balaban J connectivity index is 0.00000480. The van der Waals surface area contributed by atoms with Crippen molar-refractivity contribution in [3.8, 4) is 0 Å². The van der Waals surface area contributed by atoms with Crippen molar-refractivity contribution >= 4 is 29.9 Å². The van der Waals surface area contributed by atoms with Gasteiger partial charge < -0.3 is 24.7 Å². The van der Waals surface area contributed by atoms with Gasteiger partial charge in [-0.25, -0.2) is 4.99 Å². The van der Waals surface area contributed by atoms with E-state index >= 15 is 0 Å². The molecular formula is C19H28F3IN6O2. The van der Waals surface area contributed by atoms with Crippen molar-refractivity contribution in [1.82, 2.24) is 25.4 Å². The minimum atomic E-state index is -4.34. The number of guanidine groups is 1. The lowest BCUT2D eigenvalue weighted by Crippen LogP contribution is -2.39. The largest absolute Gasteiger partial charge is 0.411 e. The molecular weight excluding hydrogens is 528 g/mol. The third kappa shape index (κ3) is 10.3. The monoisotopic (exact) mass is 556 g/mol. The lowest BCUT2D eigenvalue weighted by Gasteiger charge is -2.12. The summed E-state index contributed by atoms with van der Waals surface area (Å²) in [7, 11) is 3.49. The number of nitrogens with one attached hydrogen (secondary N) is 2. The molecule has 31 heavy (non-hydrogen) atoms. The van der Waals surface area contributed by atoms with Gasteiger partial charge in [-0.1, -0.05) is 24.3 Å². The molecule has 0 aliphatic heterocycles. The van der Waals surface area contributed by atoms with Crippen LogP contribution in [0.1, 0.15) is 22.8 Å². The van der Waals surface area contributed by atoms with Gasteiger partial charge >= 0.3 is 6.18 Å². The molecule has 174 valence electrons. The molecule has 0 radical (unpaired) electrons. The summed E-state index contributed by atoms with van der Waals surface area (Å²) in [5.74, 6) is 2.13. The molecule has 8 nitrogen and oxygen atoms in total. The molecule has 0 aliphatic carbocycles. The van der Waals surface area contributed by atoms with Crippen molar-refractivity contribution in [3.63, 3.8) is 0 Å². The lowest BCUT2D eigenvalue weighted by atomic mass is 10.1. The number of alkyl halides is 3. The molecule has 2 N–H and O–H groups in total. The molecule has 0 unspecified atom stereocenters. The van der Waals surface area contributed by atoms with Gasteiger partial charge in [-0.15, -0.1) is 34.2 Å². The van der Waals surface area contributed by atoms with Crippen molar-refractivity contribution in [2.45, 2.75) is 32.8 Å². The van der Waals surface area contributed by atoms with Crippen molar-refractivity contribution < 1.29 is 22.6 Å². The second kappa shape index (κ2) is 13.5. The van der Waals surface area contributed by atoms with Gasteiger partial charge in [0.1, 0.15) is 12.4 Å². The van der Waals surface area contributed by atoms with Gasteiger partial charge in [0.05, 0.1) is 26.3 Å². The van der Waals surface area contributed by atoms with Crippen LogP contribution in [-0.4, -0.2) is 53.8 Å². The van der Waals surface area contributed by atoms with Crippen molar-refractivity contribution in [2.24, 2.45) is 12.0 Å². The Morgan fingerprint density at radius 1 is 1.19 bits per heavy atom. The van der Waals surface area contributed by atoms with Gasteiger partial charge in [-0.05, 0) is 18.1 Å². The van der Waals surface area contributed by atoms with Crippen LogP contribution in [0.15, 0.2) is 29.3 Å². The summed E-state index contributed by atoms with van der Waals surface area (Å²) in [6, 6.07) is 7.12. The number of rotatable bonds is 10. The van der Waals surface area contributed by atoms with E-state index in [0.29, 0.717) is 37.8 Å². The molecule has 12 heteroatoms. The predicted octanol–water partition coefficient (Wildman–Crippen LogP) is 2.70. The fourth-order valence-electron chi connectivity index (χ4n) is 2.49. The molecule has 1 aromatic heterocycles. The molecule has 0 aliphatic rings. The Morgan fingerprint density at radius 2 is 1.94 bits per heavy atom. The van der Waals surface area contributed by atoms with Gasteiger partial charge in [0.15, 0.2) is 11.8 Å². The van der Waals surface area contributed by atoms with Crippen LogP contribution in [0.25, 0.3) is 0 Å². The van der Waals surface area contributed by atoms with E-state index in [1.54, 1.807) is 25.3 Å². The van der Waals surface area contributed by atoms with Crippen LogP contribution in [0.2, 0.25) is 0 Å². The molecule has 0 spiro atoms. The summed E-state index contributed by atoms with van der Waals surface area (Å²) in [4.78, 5) is 4.54.